The van der Waals surface area contributed by atoms with Crippen molar-refractivity contribution in [2.24, 2.45) is 0 Å². The van der Waals surface area contributed by atoms with Gasteiger partial charge in [0.15, 0.2) is 0 Å². The van der Waals surface area contributed by atoms with Crippen molar-refractivity contribution in [1.82, 2.24) is 9.80 Å². The number of rotatable bonds is 34. The van der Waals surface area contributed by atoms with Crippen LogP contribution < -0.4 is 9.80 Å². The number of carbonyl (C=O) groups is 4. The molecular formula is C90H92Cl4N4O4. The fourth-order valence-electron chi connectivity index (χ4n) is 15.6. The van der Waals surface area contributed by atoms with E-state index in [1.165, 1.54) is 135 Å². The average Bonchev–Trinajstić information content (AvgIpc) is 0.677. The quantitative estimate of drug-likeness (QED) is 0.0173. The Morgan fingerprint density at radius 3 is 0.637 bits per heavy atom. The van der Waals surface area contributed by atoms with Gasteiger partial charge in [-0.3, -0.25) is 29.0 Å². The van der Waals surface area contributed by atoms with Gasteiger partial charge < -0.3 is 9.80 Å². The molecule has 0 spiro atoms. The summed E-state index contributed by atoms with van der Waals surface area (Å²) in [6.45, 7) is 9.29. The van der Waals surface area contributed by atoms with Crippen LogP contribution in [0.2, 0.25) is 20.1 Å². The minimum absolute atomic E-state index is 0.154. The minimum atomic E-state index is -0.471. The van der Waals surface area contributed by atoms with E-state index < -0.39 is 23.6 Å². The number of halogens is 4. The molecule has 13 rings (SSSR count). The van der Waals surface area contributed by atoms with Gasteiger partial charge in [0.2, 0.25) is 0 Å². The molecule has 4 amide bonds. The molecule has 524 valence electrons. The van der Waals surface area contributed by atoms with Crippen molar-refractivity contribution in [3.05, 3.63) is 246 Å². The summed E-state index contributed by atoms with van der Waals surface area (Å²) in [5, 5.41) is 4.30. The van der Waals surface area contributed by atoms with Crippen LogP contribution in [-0.2, 0) is 38.5 Å². The van der Waals surface area contributed by atoms with E-state index in [-0.39, 0.29) is 55.4 Å². The third-order valence-corrected chi connectivity index (χ3v) is 22.3. The van der Waals surface area contributed by atoms with Gasteiger partial charge in [-0.15, -0.1) is 0 Å². The minimum Gasteiger partial charge on any atom is -0.311 e. The first-order valence-corrected chi connectivity index (χ1v) is 39.1. The monoisotopic (exact) mass is 1430 g/mol. The lowest BCUT2D eigenvalue weighted by molar-refractivity contribution is 0.0593. The molecule has 2 heterocycles. The second kappa shape index (κ2) is 33.0. The van der Waals surface area contributed by atoms with Crippen LogP contribution in [0.1, 0.15) is 218 Å². The fourth-order valence-corrected chi connectivity index (χ4v) is 16.8. The Kier molecular flexibility index (Phi) is 23.4. The van der Waals surface area contributed by atoms with Gasteiger partial charge in [-0.2, -0.15) is 0 Å². The fraction of sp³-hybridized carbons (Fsp3) is 0.333. The summed E-state index contributed by atoms with van der Waals surface area (Å²) in [6, 6.07) is 59.5. The molecule has 0 N–H and O–H groups in total. The molecule has 0 radical (unpaired) electrons. The molecule has 8 nitrogen and oxygen atoms in total. The van der Waals surface area contributed by atoms with Crippen LogP contribution in [0.4, 0.5) is 34.1 Å². The molecule has 0 bridgehead atoms. The summed E-state index contributed by atoms with van der Waals surface area (Å²) < 4.78 is 0. The predicted octanol–water partition coefficient (Wildman–Crippen LogP) is 26.2. The van der Waals surface area contributed by atoms with E-state index in [9.17, 15) is 19.2 Å². The van der Waals surface area contributed by atoms with Crippen LogP contribution in [0.15, 0.2) is 170 Å². The summed E-state index contributed by atoms with van der Waals surface area (Å²) in [6.07, 6.45) is 26.2. The molecule has 2 aliphatic heterocycles. The van der Waals surface area contributed by atoms with Crippen molar-refractivity contribution >= 4 is 147 Å². The predicted molar refractivity (Wildman–Crippen MR) is 429 cm³/mol. The number of aryl methyl sites for hydroxylation is 6. The van der Waals surface area contributed by atoms with Crippen LogP contribution in [-0.4, -0.2) is 46.5 Å². The Labute approximate surface area is 622 Å². The lowest BCUT2D eigenvalue weighted by atomic mass is 9.82. The number of benzene rings is 11. The molecule has 0 aromatic heterocycles. The first-order chi connectivity index (χ1) is 49.8. The van der Waals surface area contributed by atoms with Crippen LogP contribution in [0.25, 0.3) is 43.1 Å². The Morgan fingerprint density at radius 1 is 0.245 bits per heavy atom. The first-order valence-electron chi connectivity index (χ1n) is 37.6. The zero-order valence-electron chi connectivity index (χ0n) is 59.5. The highest BCUT2D eigenvalue weighted by molar-refractivity contribution is 6.56. The van der Waals surface area contributed by atoms with Crippen molar-refractivity contribution in [1.29, 1.82) is 0 Å². The van der Waals surface area contributed by atoms with E-state index in [4.69, 9.17) is 46.4 Å². The Hall–Kier alpha value is -8.24. The summed E-state index contributed by atoms with van der Waals surface area (Å²) in [5.74, 6) is -1.88. The number of anilines is 6. The molecule has 11 aromatic carbocycles. The molecule has 11 aromatic rings. The van der Waals surface area contributed by atoms with Crippen molar-refractivity contribution in [3.63, 3.8) is 0 Å². The van der Waals surface area contributed by atoms with E-state index in [2.05, 4.69) is 183 Å². The number of amides is 4. The second-order valence-electron chi connectivity index (χ2n) is 28.3. The van der Waals surface area contributed by atoms with E-state index in [1.807, 2.05) is 0 Å². The van der Waals surface area contributed by atoms with Gasteiger partial charge in [0.05, 0.1) is 22.3 Å². The lowest BCUT2D eigenvalue weighted by Gasteiger charge is -2.31. The third kappa shape index (κ3) is 15.1. The molecule has 12 heteroatoms. The molecule has 0 saturated heterocycles. The zero-order valence-corrected chi connectivity index (χ0v) is 62.5. The van der Waals surface area contributed by atoms with Gasteiger partial charge in [-0.1, -0.05) is 224 Å². The molecule has 102 heavy (non-hydrogen) atoms. The SMILES string of the molecule is CCCCCCc1ccc(N(c2ccc(CCCCCC)cc2)c2ccc(CCCN3C(=O)c4cc(Cl)c5c6c(Cl)cc7c8c(cc(Cl)c(c9c(Cl)cc(c4c59)C3=O)c86)C(=O)N(CCCc3ccc(N(c4ccc(CCCCCC)cc4)c4ccc(CCCCCC)cc4)cc3)C7=O)cc2)cc1. The Bertz CT molecular complexity index is 4270. The van der Waals surface area contributed by atoms with Gasteiger partial charge in [0, 0.05) is 110 Å². The van der Waals surface area contributed by atoms with Crippen LogP contribution in [0.3, 0.4) is 0 Å². The van der Waals surface area contributed by atoms with Gasteiger partial charge in [-0.05, 0) is 207 Å². The Balaban J connectivity index is 0.717. The van der Waals surface area contributed by atoms with Crippen LogP contribution in [0, 0.1) is 0 Å². The van der Waals surface area contributed by atoms with Crippen molar-refractivity contribution < 1.29 is 19.2 Å². The maximum atomic E-state index is 14.9. The average molecular weight is 1440 g/mol. The number of carbonyl (C=O) groups excluding carboxylic acids is 4. The zero-order chi connectivity index (χ0) is 71.0. The van der Waals surface area contributed by atoms with E-state index in [0.29, 0.717) is 68.8 Å². The second-order valence-corrected chi connectivity index (χ2v) is 29.9. The summed E-state index contributed by atoms with van der Waals surface area (Å²) >= 11 is 29.6. The molecular weight excluding hydrogens is 1340 g/mol. The third-order valence-electron chi connectivity index (χ3n) is 21.2. The molecule has 0 atom stereocenters. The molecule has 2 aliphatic rings. The first kappa shape index (κ1) is 72.1. The number of unbranched alkanes of at least 4 members (excludes halogenated alkanes) is 12. The molecule has 0 unspecified atom stereocenters. The lowest BCUT2D eigenvalue weighted by Crippen LogP contribution is -2.41. The van der Waals surface area contributed by atoms with Crippen LogP contribution >= 0.6 is 46.4 Å². The smallest absolute Gasteiger partial charge is 0.261 e. The standard InChI is InChI=1S/C90H92Cl4N4O4/c1-5-9-13-17-23-59-29-41-65(42-30-59)97(66-43-31-60(32-44-66)24-18-14-10-6-2)69-49-37-63(38-50-69)27-21-53-95-87(99)71-55-75(91)81-83-77(93)57-73-80-74(58-78(94)84(86(80)83)82-76(92)56-72(88(95)100)79(71)85(81)82)90(102)96(89(73)101)54-22-28-64-39-51-70(52-40-64)98(67-45-33-61(34-46-67)25-19-15-11-7-3)68-47-35-62(36-48-68)26-20-16-12-8-4/h29-52,55-58H,5-28,53-54H2,1-4H3. The maximum Gasteiger partial charge on any atom is 0.261 e. The topological polar surface area (TPSA) is 81.2 Å². The number of imide groups is 2. The van der Waals surface area contributed by atoms with Gasteiger partial charge in [0.25, 0.3) is 23.6 Å². The van der Waals surface area contributed by atoms with Gasteiger partial charge >= 0.3 is 0 Å². The van der Waals surface area contributed by atoms with E-state index in [0.717, 1.165) is 70.9 Å². The number of nitrogens with zero attached hydrogens (tertiary/aromatic N) is 4. The summed E-state index contributed by atoms with van der Waals surface area (Å²) in [5.41, 5.74) is 15.0. The van der Waals surface area contributed by atoms with Crippen LogP contribution in [0.5, 0.6) is 0 Å². The number of hydrogen-bond acceptors (Lipinski definition) is 6. The summed E-state index contributed by atoms with van der Waals surface area (Å²) in [4.78, 5) is 66.7. The highest BCUT2D eigenvalue weighted by atomic mass is 35.5. The van der Waals surface area contributed by atoms with Crippen molar-refractivity contribution in [2.75, 3.05) is 22.9 Å². The highest BCUT2D eigenvalue weighted by Gasteiger charge is 2.40. The Morgan fingerprint density at radius 2 is 0.441 bits per heavy atom. The van der Waals surface area contributed by atoms with Crippen molar-refractivity contribution in [2.45, 2.75) is 182 Å². The van der Waals surface area contributed by atoms with Crippen molar-refractivity contribution in [3.8, 4) is 0 Å². The molecule has 0 saturated carbocycles. The molecule has 0 aliphatic carbocycles. The maximum absolute atomic E-state index is 14.9. The highest BCUT2D eigenvalue weighted by Crippen LogP contribution is 2.54. The van der Waals surface area contributed by atoms with Gasteiger partial charge in [0.1, 0.15) is 0 Å². The van der Waals surface area contributed by atoms with E-state index in [1.54, 1.807) is 24.3 Å². The van der Waals surface area contributed by atoms with E-state index >= 15 is 0 Å². The largest absolute Gasteiger partial charge is 0.311 e. The normalized spacial score (nSPS) is 13.0. The number of hydrogen-bond donors (Lipinski definition) is 0. The van der Waals surface area contributed by atoms with Gasteiger partial charge in [-0.25, -0.2) is 0 Å². The summed E-state index contributed by atoms with van der Waals surface area (Å²) in [7, 11) is 0. The number of fused-ring (bicyclic) bond motifs is 2. The molecule has 0 fully saturated rings.